The van der Waals surface area contributed by atoms with Crippen molar-refractivity contribution in [3.05, 3.63) is 66.2 Å². The van der Waals surface area contributed by atoms with Crippen LogP contribution in [0.3, 0.4) is 0 Å². The number of pyridine rings is 1. The van der Waals surface area contributed by atoms with Gasteiger partial charge in [0.15, 0.2) is 0 Å². The lowest BCUT2D eigenvalue weighted by Gasteiger charge is -2.26. The van der Waals surface area contributed by atoms with Crippen molar-refractivity contribution in [3.63, 3.8) is 0 Å². The van der Waals surface area contributed by atoms with Crippen molar-refractivity contribution in [1.82, 2.24) is 24.8 Å². The SMILES string of the molecule is CC#CCN[C@@H]1CCc2c(-c3ccc(C(=O)Nc4ccccn4)cc3)c3c(N)ncnc3n2C1. The minimum absolute atomic E-state index is 0.207. The summed E-state index contributed by atoms with van der Waals surface area (Å²) in [5.74, 6) is 6.77. The Bertz CT molecular complexity index is 1400. The standard InChI is InChI=1S/C26H25N7O/c1-2-3-13-28-19-11-12-20-22(23-24(27)30-16-31-25(23)33(20)15-19)17-7-9-18(10-8-17)26(34)32-21-6-4-5-14-29-21/h4-10,14,16,19,28H,11-13,15H2,1H3,(H2,27,30,31)(H,29,32,34)/t19-/m1/s1. The number of benzene rings is 1. The second-order valence-electron chi connectivity index (χ2n) is 8.18. The van der Waals surface area contributed by atoms with Crippen molar-refractivity contribution in [2.45, 2.75) is 32.4 Å². The van der Waals surface area contributed by atoms with Crippen LogP contribution in [-0.4, -0.2) is 38.0 Å². The number of fused-ring (bicyclic) bond motifs is 3. The van der Waals surface area contributed by atoms with Gasteiger partial charge in [-0.05, 0) is 49.6 Å². The molecule has 0 bridgehead atoms. The summed E-state index contributed by atoms with van der Waals surface area (Å²) < 4.78 is 2.24. The van der Waals surface area contributed by atoms with Gasteiger partial charge >= 0.3 is 0 Å². The van der Waals surface area contributed by atoms with Gasteiger partial charge in [-0.25, -0.2) is 15.0 Å². The van der Waals surface area contributed by atoms with Gasteiger partial charge in [-0.1, -0.05) is 24.1 Å². The number of nitrogens with two attached hydrogens (primary N) is 1. The molecule has 8 heteroatoms. The highest BCUT2D eigenvalue weighted by atomic mass is 16.1. The van der Waals surface area contributed by atoms with Crippen LogP contribution >= 0.6 is 0 Å². The Morgan fingerprint density at radius 3 is 2.79 bits per heavy atom. The van der Waals surface area contributed by atoms with E-state index in [1.165, 1.54) is 12.0 Å². The van der Waals surface area contributed by atoms with Crippen molar-refractivity contribution in [2.75, 3.05) is 17.6 Å². The van der Waals surface area contributed by atoms with Crippen LogP contribution < -0.4 is 16.4 Å². The number of hydrogen-bond donors (Lipinski definition) is 3. The first kappa shape index (κ1) is 21.6. The molecule has 8 nitrogen and oxygen atoms in total. The Morgan fingerprint density at radius 2 is 2.03 bits per heavy atom. The Morgan fingerprint density at radius 1 is 1.18 bits per heavy atom. The Balaban J connectivity index is 1.48. The van der Waals surface area contributed by atoms with E-state index >= 15 is 0 Å². The zero-order chi connectivity index (χ0) is 23.5. The van der Waals surface area contributed by atoms with Crippen molar-refractivity contribution >= 4 is 28.6 Å². The third kappa shape index (κ3) is 4.09. The summed E-state index contributed by atoms with van der Waals surface area (Å²) in [5.41, 5.74) is 10.9. The number of rotatable bonds is 5. The maximum atomic E-state index is 12.6. The molecule has 4 aromatic rings. The molecule has 0 radical (unpaired) electrons. The third-order valence-electron chi connectivity index (χ3n) is 6.11. The Kier molecular flexibility index (Phi) is 5.93. The zero-order valence-electron chi connectivity index (χ0n) is 18.9. The van der Waals surface area contributed by atoms with E-state index in [9.17, 15) is 4.79 Å². The molecule has 4 heterocycles. The molecule has 0 spiro atoms. The fraction of sp³-hybridized carbons (Fsp3) is 0.231. The molecule has 0 unspecified atom stereocenters. The van der Waals surface area contributed by atoms with E-state index in [2.05, 4.69) is 42.0 Å². The van der Waals surface area contributed by atoms with Crippen LogP contribution in [0.15, 0.2) is 55.0 Å². The second kappa shape index (κ2) is 9.33. The lowest BCUT2D eigenvalue weighted by molar-refractivity contribution is 0.102. The van der Waals surface area contributed by atoms with Crippen LogP contribution in [0.1, 0.15) is 29.4 Å². The van der Waals surface area contributed by atoms with Crippen LogP contribution in [0.4, 0.5) is 11.6 Å². The van der Waals surface area contributed by atoms with Gasteiger partial charge in [0.05, 0.1) is 11.9 Å². The molecule has 0 aliphatic carbocycles. The predicted molar refractivity (Wildman–Crippen MR) is 133 cm³/mol. The van der Waals surface area contributed by atoms with E-state index in [4.69, 9.17) is 5.73 Å². The maximum Gasteiger partial charge on any atom is 0.256 e. The summed E-state index contributed by atoms with van der Waals surface area (Å²) in [5, 5.41) is 7.19. The second-order valence-corrected chi connectivity index (χ2v) is 8.18. The van der Waals surface area contributed by atoms with Gasteiger partial charge in [-0.2, -0.15) is 0 Å². The van der Waals surface area contributed by atoms with E-state index in [0.29, 0.717) is 29.8 Å². The maximum absolute atomic E-state index is 12.6. The molecule has 0 saturated heterocycles. The monoisotopic (exact) mass is 451 g/mol. The molecule has 1 amide bonds. The summed E-state index contributed by atoms with van der Waals surface area (Å²) in [7, 11) is 0. The summed E-state index contributed by atoms with van der Waals surface area (Å²) >= 11 is 0. The molecular formula is C26H25N7O. The average Bonchev–Trinajstić information content (AvgIpc) is 3.20. The first-order valence-corrected chi connectivity index (χ1v) is 11.2. The zero-order valence-corrected chi connectivity index (χ0v) is 18.9. The first-order chi connectivity index (χ1) is 16.7. The van der Waals surface area contributed by atoms with Gasteiger partial charge in [-0.15, -0.1) is 5.92 Å². The molecule has 1 aliphatic rings. The van der Waals surface area contributed by atoms with Gasteiger partial charge in [0.25, 0.3) is 5.91 Å². The van der Waals surface area contributed by atoms with Crippen molar-refractivity contribution in [3.8, 4) is 23.0 Å². The number of hydrogen-bond acceptors (Lipinski definition) is 6. The Labute approximate surface area is 197 Å². The number of amides is 1. The van der Waals surface area contributed by atoms with Crippen LogP contribution in [0.25, 0.3) is 22.2 Å². The highest BCUT2D eigenvalue weighted by Crippen LogP contribution is 2.39. The quantitative estimate of drug-likeness (QED) is 0.402. The highest BCUT2D eigenvalue weighted by Gasteiger charge is 2.27. The van der Waals surface area contributed by atoms with Crippen LogP contribution in [0.2, 0.25) is 0 Å². The molecular weight excluding hydrogens is 426 g/mol. The number of nitrogens with one attached hydrogen (secondary N) is 2. The predicted octanol–water partition coefficient (Wildman–Crippen LogP) is 3.26. The number of anilines is 2. The lowest BCUT2D eigenvalue weighted by atomic mass is 9.96. The summed E-state index contributed by atoms with van der Waals surface area (Å²) in [4.78, 5) is 25.6. The number of carbonyl (C=O) groups is 1. The highest BCUT2D eigenvalue weighted by molar-refractivity contribution is 6.05. The van der Waals surface area contributed by atoms with Crippen LogP contribution in [0.5, 0.6) is 0 Å². The van der Waals surface area contributed by atoms with Gasteiger partial charge in [0.1, 0.15) is 23.6 Å². The van der Waals surface area contributed by atoms with Gasteiger partial charge in [-0.3, -0.25) is 4.79 Å². The van der Waals surface area contributed by atoms with Gasteiger partial charge in [0.2, 0.25) is 0 Å². The minimum atomic E-state index is -0.207. The van der Waals surface area contributed by atoms with Gasteiger partial charge < -0.3 is 20.9 Å². The molecule has 0 fully saturated rings. The van der Waals surface area contributed by atoms with Crippen molar-refractivity contribution in [2.24, 2.45) is 0 Å². The molecule has 34 heavy (non-hydrogen) atoms. The topological polar surface area (TPSA) is 111 Å². The van der Waals surface area contributed by atoms with E-state index in [0.717, 1.165) is 41.5 Å². The summed E-state index contributed by atoms with van der Waals surface area (Å²) in [6, 6.07) is 13.3. The number of nitrogen functional groups attached to an aromatic ring is 1. The number of aromatic nitrogens is 4. The average molecular weight is 452 g/mol. The molecule has 1 aromatic carbocycles. The number of nitrogens with zero attached hydrogens (tertiary/aromatic N) is 4. The smallest absolute Gasteiger partial charge is 0.256 e. The lowest BCUT2D eigenvalue weighted by Crippen LogP contribution is -2.37. The molecule has 1 aliphatic heterocycles. The molecule has 3 aromatic heterocycles. The van der Waals surface area contributed by atoms with Crippen molar-refractivity contribution in [1.29, 1.82) is 0 Å². The van der Waals surface area contributed by atoms with Crippen LogP contribution in [0, 0.1) is 11.8 Å². The fourth-order valence-corrected chi connectivity index (χ4v) is 4.50. The van der Waals surface area contributed by atoms with E-state index in [1.807, 2.05) is 37.3 Å². The summed E-state index contributed by atoms with van der Waals surface area (Å²) in [6.45, 7) is 3.31. The molecule has 4 N–H and O–H groups in total. The first-order valence-electron chi connectivity index (χ1n) is 11.2. The third-order valence-corrected chi connectivity index (χ3v) is 6.11. The largest absolute Gasteiger partial charge is 0.383 e. The van der Waals surface area contributed by atoms with E-state index < -0.39 is 0 Å². The van der Waals surface area contributed by atoms with Crippen LogP contribution in [-0.2, 0) is 13.0 Å². The van der Waals surface area contributed by atoms with Crippen molar-refractivity contribution < 1.29 is 4.79 Å². The molecule has 1 atom stereocenters. The fourth-order valence-electron chi connectivity index (χ4n) is 4.50. The number of carbonyl (C=O) groups excluding carboxylic acids is 1. The molecule has 0 saturated carbocycles. The summed E-state index contributed by atoms with van der Waals surface area (Å²) in [6.07, 6.45) is 5.03. The van der Waals surface area contributed by atoms with E-state index in [1.54, 1.807) is 18.3 Å². The van der Waals surface area contributed by atoms with Gasteiger partial charge in [0, 0.05) is 35.6 Å². The molecule has 170 valence electrons. The molecule has 5 rings (SSSR count). The van der Waals surface area contributed by atoms with E-state index in [-0.39, 0.29) is 5.91 Å². The normalized spacial score (nSPS) is 14.8. The Hall–Kier alpha value is -4.22. The minimum Gasteiger partial charge on any atom is -0.383 e.